The highest BCUT2D eigenvalue weighted by Crippen LogP contribution is 2.50. The molecule has 5 aromatic rings. The van der Waals surface area contributed by atoms with Gasteiger partial charge in [0, 0.05) is 22.1 Å². The van der Waals surface area contributed by atoms with E-state index in [1.807, 2.05) is 72.8 Å². The van der Waals surface area contributed by atoms with Crippen LogP contribution in [0.4, 0.5) is 22.1 Å². The van der Waals surface area contributed by atoms with Crippen molar-refractivity contribution in [2.45, 2.75) is 19.9 Å². The Kier molecular flexibility index (Phi) is 9.89. The number of pyridine rings is 1. The average molecular weight is 647 g/mol. The molecule has 0 saturated heterocycles. The largest absolute Gasteiger partial charge is 0.491 e. The van der Waals surface area contributed by atoms with Crippen LogP contribution in [0.25, 0.3) is 0 Å². The number of aromatic nitrogens is 3. The summed E-state index contributed by atoms with van der Waals surface area (Å²) in [6.45, 7) is 2.46. The van der Waals surface area contributed by atoms with Crippen molar-refractivity contribution in [3.8, 4) is 11.8 Å². The van der Waals surface area contributed by atoms with Gasteiger partial charge in [-0.3, -0.25) is 9.88 Å². The van der Waals surface area contributed by atoms with Gasteiger partial charge in [0.1, 0.15) is 23.7 Å². The fraction of sp³-hybridized carbons (Fsp3) is 0.167. The van der Waals surface area contributed by atoms with Crippen LogP contribution < -0.4 is 36.0 Å². The molecule has 2 N–H and O–H groups in total. The van der Waals surface area contributed by atoms with Crippen molar-refractivity contribution < 1.29 is 19.0 Å². The fourth-order valence-corrected chi connectivity index (χ4v) is 8.75. The van der Waals surface area contributed by atoms with Crippen LogP contribution >= 0.6 is 7.05 Å². The molecule has 2 aromatic heterocycles. The lowest BCUT2D eigenvalue weighted by atomic mass is 10.3. The summed E-state index contributed by atoms with van der Waals surface area (Å²) in [5, 5.41) is 3.01. The quantitative estimate of drug-likeness (QED) is 0.178. The average Bonchev–Trinajstić information content (AvgIpc) is 3.11. The van der Waals surface area contributed by atoms with Gasteiger partial charge in [-0.1, -0.05) is 103 Å². The van der Waals surface area contributed by atoms with Gasteiger partial charge in [0.2, 0.25) is 0 Å². The van der Waals surface area contributed by atoms with Crippen molar-refractivity contribution in [3.63, 3.8) is 0 Å². The monoisotopic (exact) mass is 646 g/mol. The summed E-state index contributed by atoms with van der Waals surface area (Å²) in [6.07, 6.45) is 5.46. The van der Waals surface area contributed by atoms with E-state index in [1.54, 1.807) is 19.2 Å². The van der Waals surface area contributed by atoms with Crippen molar-refractivity contribution in [2.75, 3.05) is 30.5 Å². The third-order valence-electron chi connectivity index (χ3n) is 7.44. The van der Waals surface area contributed by atoms with Gasteiger partial charge in [-0.2, -0.15) is 9.97 Å². The Morgan fingerprint density at radius 1 is 0.872 bits per heavy atom. The normalized spacial score (nSPS) is 14.0. The van der Waals surface area contributed by atoms with Crippen LogP contribution in [0, 0.1) is 0 Å². The first-order valence-corrected chi connectivity index (χ1v) is 17.1. The Hall–Kier alpha value is -5.47. The number of benzene rings is 3. The Labute approximate surface area is 273 Å². The number of carbonyl (C=O) groups excluding carboxylic acids is 1. The van der Waals surface area contributed by atoms with E-state index in [-0.39, 0.29) is 43.1 Å². The second kappa shape index (κ2) is 14.7. The lowest BCUT2D eigenvalue weighted by Crippen LogP contribution is -2.33. The Morgan fingerprint density at radius 3 is 2.13 bits per heavy atom. The van der Waals surface area contributed by atoms with Crippen LogP contribution in [0.2, 0.25) is 0 Å². The van der Waals surface area contributed by atoms with E-state index >= 15 is 0 Å². The molecule has 11 heteroatoms. The number of amides is 1. The van der Waals surface area contributed by atoms with E-state index in [1.165, 1.54) is 4.90 Å². The number of carbonyl (C=O) groups is 1. The summed E-state index contributed by atoms with van der Waals surface area (Å²) in [4.78, 5) is 28.9. The first-order valence-electron chi connectivity index (χ1n) is 15.4. The number of ether oxygens (including phenoxy) is 3. The van der Waals surface area contributed by atoms with E-state index in [0.717, 1.165) is 15.9 Å². The van der Waals surface area contributed by atoms with E-state index in [9.17, 15) is 4.79 Å². The number of hydrogen-bond donors (Lipinski definition) is 1. The molecule has 3 heterocycles. The molecule has 0 unspecified atom stereocenters. The van der Waals surface area contributed by atoms with E-state index in [4.69, 9.17) is 29.7 Å². The molecule has 10 nitrogen and oxygen atoms in total. The Morgan fingerprint density at radius 2 is 1.51 bits per heavy atom. The highest BCUT2D eigenvalue weighted by Gasteiger charge is 2.31. The molecule has 1 aliphatic rings. The van der Waals surface area contributed by atoms with E-state index in [0.29, 0.717) is 24.5 Å². The van der Waals surface area contributed by atoms with Crippen LogP contribution in [-0.4, -0.2) is 40.9 Å². The minimum absolute atomic E-state index is 0.0220. The lowest BCUT2D eigenvalue weighted by Gasteiger charge is -2.28. The molecule has 0 atom stereocenters. The van der Waals surface area contributed by atoms with Crippen molar-refractivity contribution in [1.29, 1.82) is 0 Å². The van der Waals surface area contributed by atoms with Crippen LogP contribution in [0.15, 0.2) is 126 Å². The molecule has 1 aliphatic heterocycles. The Balaban J connectivity index is 1.65. The predicted octanol–water partition coefficient (Wildman–Crippen LogP) is 6.14. The molecule has 0 saturated carbocycles. The zero-order chi connectivity index (χ0) is 32.5. The number of nitrogens with two attached hydrogens (primary N) is 1. The SMILES string of the molecule is CCOC(=O)N1Cc2ncccc2OCC/C=C/COc2nc(N=P(c3ccccc3)(c3ccccc3)c3ccccc3)c(N)c1n2. The van der Waals surface area contributed by atoms with Crippen LogP contribution in [0.3, 0.4) is 0 Å². The van der Waals surface area contributed by atoms with Gasteiger partial charge in [-0.15, -0.1) is 0 Å². The molecular formula is C36H35N6O4P. The standard InChI is InChI=1S/C36H35N6O4P/c1-2-44-36(43)42-26-30-31(22-15-23-38-30)45-24-13-6-14-25-46-35-39-33(32(37)34(42)40-35)41-47(27-16-7-3-8-17-27,28-18-9-4-10-19-28)29-20-11-5-12-21-29/h3-12,14-23H,2,13,24-26,37H2,1H3/b14-6+. The number of nitrogens with zero attached hydrogens (tertiary/aromatic N) is 5. The van der Waals surface area contributed by atoms with Crippen LogP contribution in [0.5, 0.6) is 11.8 Å². The van der Waals surface area contributed by atoms with Crippen molar-refractivity contribution in [1.82, 2.24) is 15.0 Å². The van der Waals surface area contributed by atoms with E-state index in [2.05, 4.69) is 46.4 Å². The molecule has 2 bridgehead atoms. The lowest BCUT2D eigenvalue weighted by molar-refractivity contribution is 0.159. The van der Waals surface area contributed by atoms with Gasteiger partial charge in [-0.25, -0.2) is 9.54 Å². The third-order valence-corrected chi connectivity index (χ3v) is 11.1. The number of rotatable bonds is 5. The first-order chi connectivity index (χ1) is 23.1. The van der Waals surface area contributed by atoms with Gasteiger partial charge >= 0.3 is 12.1 Å². The molecule has 0 fully saturated rings. The summed E-state index contributed by atoms with van der Waals surface area (Å²) in [7, 11) is -2.79. The minimum Gasteiger partial charge on any atom is -0.491 e. The second-order valence-electron chi connectivity index (χ2n) is 10.5. The predicted molar refractivity (Wildman–Crippen MR) is 186 cm³/mol. The molecule has 47 heavy (non-hydrogen) atoms. The summed E-state index contributed by atoms with van der Waals surface area (Å²) in [5.41, 5.74) is 7.56. The maximum atomic E-state index is 13.6. The van der Waals surface area contributed by atoms with Crippen LogP contribution in [0.1, 0.15) is 19.0 Å². The Bertz CT molecular complexity index is 1800. The molecule has 3 aromatic carbocycles. The maximum Gasteiger partial charge on any atom is 0.415 e. The summed E-state index contributed by atoms with van der Waals surface area (Å²) in [6, 6.07) is 34.0. The molecule has 0 radical (unpaired) electrons. The topological polar surface area (TPSA) is 125 Å². The van der Waals surface area contributed by atoms with Gasteiger partial charge in [-0.05, 0) is 25.5 Å². The van der Waals surface area contributed by atoms with Gasteiger partial charge < -0.3 is 19.9 Å². The smallest absolute Gasteiger partial charge is 0.415 e. The third kappa shape index (κ3) is 6.88. The van der Waals surface area contributed by atoms with E-state index < -0.39 is 13.1 Å². The fourth-order valence-electron chi connectivity index (χ4n) is 5.26. The highest BCUT2D eigenvalue weighted by atomic mass is 31.2. The zero-order valence-corrected chi connectivity index (χ0v) is 26.9. The number of fused-ring (bicyclic) bond motifs is 3. The summed E-state index contributed by atoms with van der Waals surface area (Å²) < 4.78 is 23.1. The maximum absolute atomic E-state index is 13.6. The van der Waals surface area contributed by atoms with Gasteiger partial charge in [0.15, 0.2) is 11.6 Å². The van der Waals surface area contributed by atoms with Gasteiger partial charge in [0.25, 0.3) is 0 Å². The first kappa shape index (κ1) is 31.5. The highest BCUT2D eigenvalue weighted by molar-refractivity contribution is 7.87. The summed E-state index contributed by atoms with van der Waals surface area (Å²) >= 11 is 0. The zero-order valence-electron chi connectivity index (χ0n) is 26.0. The molecule has 0 aliphatic carbocycles. The molecule has 0 spiro atoms. The number of hydrogen-bond acceptors (Lipinski definition) is 9. The summed E-state index contributed by atoms with van der Waals surface area (Å²) in [5.74, 6) is 0.832. The molecule has 1 amide bonds. The number of nitrogen functional groups attached to an aromatic ring is 1. The molecule has 238 valence electrons. The second-order valence-corrected chi connectivity index (χ2v) is 13.5. The van der Waals surface area contributed by atoms with Crippen molar-refractivity contribution in [2.24, 2.45) is 4.74 Å². The van der Waals surface area contributed by atoms with Crippen molar-refractivity contribution >= 4 is 46.4 Å². The molecular weight excluding hydrogens is 611 g/mol. The number of anilines is 2. The van der Waals surface area contributed by atoms with Gasteiger partial charge in [0.05, 0.1) is 26.8 Å². The van der Waals surface area contributed by atoms with Crippen molar-refractivity contribution in [3.05, 3.63) is 127 Å². The minimum atomic E-state index is -2.79. The molecule has 6 rings (SSSR count). The van der Waals surface area contributed by atoms with Crippen LogP contribution in [-0.2, 0) is 11.3 Å².